The van der Waals surface area contributed by atoms with E-state index in [4.69, 9.17) is 0 Å². The van der Waals surface area contributed by atoms with Crippen LogP contribution in [-0.4, -0.2) is 52.9 Å². The number of carboxylic acid groups (broad SMARTS) is 1. The number of carboxylic acids is 1. The van der Waals surface area contributed by atoms with Gasteiger partial charge in [0.2, 0.25) is 0 Å². The van der Waals surface area contributed by atoms with E-state index >= 15 is 0 Å². The molecule has 20 heavy (non-hydrogen) atoms. The molecule has 2 unspecified atom stereocenters. The van der Waals surface area contributed by atoms with Crippen molar-refractivity contribution in [3.63, 3.8) is 0 Å². The van der Waals surface area contributed by atoms with E-state index in [9.17, 15) is 19.8 Å². The Morgan fingerprint density at radius 1 is 1.35 bits per heavy atom. The van der Waals surface area contributed by atoms with E-state index in [1.807, 2.05) is 20.8 Å². The van der Waals surface area contributed by atoms with Gasteiger partial charge in [-0.25, -0.2) is 4.79 Å². The van der Waals surface area contributed by atoms with Crippen molar-refractivity contribution in [1.82, 2.24) is 10.2 Å². The highest BCUT2D eigenvalue weighted by Gasteiger charge is 2.36. The molecule has 0 saturated carbocycles. The highest BCUT2D eigenvalue weighted by Crippen LogP contribution is 2.26. The molecule has 1 aliphatic rings. The maximum absolute atomic E-state index is 12.1. The summed E-state index contributed by atoms with van der Waals surface area (Å²) in [6.07, 6.45) is 1.17. The van der Waals surface area contributed by atoms with Crippen molar-refractivity contribution < 1.29 is 19.8 Å². The van der Waals surface area contributed by atoms with Gasteiger partial charge >= 0.3 is 12.0 Å². The molecule has 0 bridgehead atoms. The number of aliphatic hydroxyl groups excluding tert-OH is 1. The summed E-state index contributed by atoms with van der Waals surface area (Å²) in [7, 11) is 0. The molecule has 1 saturated heterocycles. The molecule has 116 valence electrons. The zero-order valence-electron chi connectivity index (χ0n) is 12.6. The van der Waals surface area contributed by atoms with Crippen LogP contribution in [0.5, 0.6) is 0 Å². The van der Waals surface area contributed by atoms with Gasteiger partial charge in [0.1, 0.15) is 0 Å². The van der Waals surface area contributed by atoms with Gasteiger partial charge in [0.15, 0.2) is 0 Å². The van der Waals surface area contributed by atoms with E-state index in [0.717, 1.165) is 0 Å². The van der Waals surface area contributed by atoms with Crippen LogP contribution in [0.3, 0.4) is 0 Å². The predicted molar refractivity (Wildman–Crippen MR) is 75.4 cm³/mol. The molecule has 0 aliphatic carbocycles. The van der Waals surface area contributed by atoms with Crippen LogP contribution in [-0.2, 0) is 4.79 Å². The van der Waals surface area contributed by atoms with Crippen molar-refractivity contribution in [3.05, 3.63) is 0 Å². The second-order valence-electron chi connectivity index (χ2n) is 5.73. The van der Waals surface area contributed by atoms with Crippen LogP contribution in [0.25, 0.3) is 0 Å². The maximum Gasteiger partial charge on any atom is 0.317 e. The normalized spacial score (nSPS) is 23.5. The number of amides is 2. The molecule has 3 N–H and O–H groups in total. The zero-order valence-corrected chi connectivity index (χ0v) is 12.6. The van der Waals surface area contributed by atoms with Gasteiger partial charge in [-0.05, 0) is 25.2 Å². The second kappa shape index (κ2) is 6.92. The van der Waals surface area contributed by atoms with Gasteiger partial charge in [-0.15, -0.1) is 0 Å². The first-order chi connectivity index (χ1) is 9.36. The summed E-state index contributed by atoms with van der Waals surface area (Å²) in [5.74, 6) is -0.818. The van der Waals surface area contributed by atoms with Gasteiger partial charge in [-0.2, -0.15) is 0 Å². The SMILES string of the molecule is CCC(CC)(CNC(=O)N1CCC(O)C(C)C1)C(=O)O. The molecule has 2 atom stereocenters. The standard InChI is InChI=1S/C14H26N2O4/c1-4-14(5-2,12(18)19)9-15-13(20)16-7-6-11(17)10(3)8-16/h10-11,17H,4-9H2,1-3H3,(H,15,20)(H,18,19). The second-order valence-corrected chi connectivity index (χ2v) is 5.73. The predicted octanol–water partition coefficient (Wildman–Crippen LogP) is 1.29. The van der Waals surface area contributed by atoms with Gasteiger partial charge < -0.3 is 20.4 Å². The number of nitrogens with one attached hydrogen (secondary N) is 1. The molecule has 1 aliphatic heterocycles. The Labute approximate surface area is 120 Å². The maximum atomic E-state index is 12.1. The smallest absolute Gasteiger partial charge is 0.317 e. The third-order valence-electron chi connectivity index (χ3n) is 4.53. The quantitative estimate of drug-likeness (QED) is 0.710. The van der Waals surface area contributed by atoms with Gasteiger partial charge in [0.25, 0.3) is 0 Å². The van der Waals surface area contributed by atoms with Gasteiger partial charge in [0, 0.05) is 19.6 Å². The summed E-state index contributed by atoms with van der Waals surface area (Å²) >= 11 is 0. The molecule has 0 aromatic heterocycles. The molecule has 1 fully saturated rings. The number of hydrogen-bond acceptors (Lipinski definition) is 3. The number of hydrogen-bond donors (Lipinski definition) is 3. The lowest BCUT2D eigenvalue weighted by molar-refractivity contribution is -0.149. The fourth-order valence-corrected chi connectivity index (χ4v) is 2.55. The van der Waals surface area contributed by atoms with Crippen LogP contribution in [0.1, 0.15) is 40.0 Å². The summed E-state index contributed by atoms with van der Waals surface area (Å²) in [4.78, 5) is 25.1. The van der Waals surface area contributed by atoms with E-state index in [2.05, 4.69) is 5.32 Å². The number of rotatable bonds is 5. The number of likely N-dealkylation sites (tertiary alicyclic amines) is 1. The number of aliphatic hydroxyl groups is 1. The molecule has 1 heterocycles. The van der Waals surface area contributed by atoms with Crippen molar-refractivity contribution >= 4 is 12.0 Å². The average Bonchev–Trinajstić information content (AvgIpc) is 2.43. The van der Waals surface area contributed by atoms with Crippen LogP contribution >= 0.6 is 0 Å². The fourth-order valence-electron chi connectivity index (χ4n) is 2.55. The van der Waals surface area contributed by atoms with Crippen molar-refractivity contribution in [3.8, 4) is 0 Å². The number of carbonyl (C=O) groups excluding carboxylic acids is 1. The first-order valence-corrected chi connectivity index (χ1v) is 7.30. The molecule has 0 aromatic carbocycles. The summed E-state index contributed by atoms with van der Waals surface area (Å²) in [5, 5.41) is 21.7. The van der Waals surface area contributed by atoms with E-state index < -0.39 is 11.4 Å². The van der Waals surface area contributed by atoms with Gasteiger partial charge in [-0.1, -0.05) is 20.8 Å². The number of urea groups is 1. The molecular formula is C14H26N2O4. The summed E-state index contributed by atoms with van der Waals surface area (Å²) in [6.45, 7) is 6.71. The monoisotopic (exact) mass is 286 g/mol. The molecule has 6 heteroatoms. The summed E-state index contributed by atoms with van der Waals surface area (Å²) in [6, 6.07) is -0.240. The number of aliphatic carboxylic acids is 1. The molecule has 6 nitrogen and oxygen atoms in total. The van der Waals surface area contributed by atoms with E-state index in [1.165, 1.54) is 0 Å². The summed E-state index contributed by atoms with van der Waals surface area (Å²) < 4.78 is 0. The van der Waals surface area contributed by atoms with Crippen molar-refractivity contribution in [2.75, 3.05) is 19.6 Å². The van der Waals surface area contributed by atoms with Crippen molar-refractivity contribution in [1.29, 1.82) is 0 Å². The molecule has 1 rings (SSSR count). The number of carbonyl (C=O) groups is 2. The average molecular weight is 286 g/mol. The Morgan fingerprint density at radius 3 is 2.40 bits per heavy atom. The number of piperidine rings is 1. The molecular weight excluding hydrogens is 260 g/mol. The van der Waals surface area contributed by atoms with E-state index in [0.29, 0.717) is 32.4 Å². The van der Waals surface area contributed by atoms with Crippen molar-refractivity contribution in [2.24, 2.45) is 11.3 Å². The summed E-state index contributed by atoms with van der Waals surface area (Å²) in [5.41, 5.74) is -0.892. The van der Waals surface area contributed by atoms with Crippen LogP contribution in [0.2, 0.25) is 0 Å². The van der Waals surface area contributed by atoms with E-state index in [-0.39, 0.29) is 24.6 Å². The molecule has 0 radical (unpaired) electrons. The van der Waals surface area contributed by atoms with Crippen molar-refractivity contribution in [2.45, 2.75) is 46.1 Å². The Kier molecular flexibility index (Phi) is 5.80. The Morgan fingerprint density at radius 2 is 1.95 bits per heavy atom. The fraction of sp³-hybridized carbons (Fsp3) is 0.857. The van der Waals surface area contributed by atoms with Gasteiger partial charge in [0.05, 0.1) is 11.5 Å². The van der Waals surface area contributed by atoms with Crippen LogP contribution in [0, 0.1) is 11.3 Å². The third kappa shape index (κ3) is 3.62. The third-order valence-corrected chi connectivity index (χ3v) is 4.53. The minimum atomic E-state index is -0.892. The first kappa shape index (κ1) is 16.8. The lowest BCUT2D eigenvalue weighted by atomic mass is 9.82. The Hall–Kier alpha value is -1.30. The zero-order chi connectivity index (χ0) is 15.3. The van der Waals surface area contributed by atoms with E-state index in [1.54, 1.807) is 4.90 Å². The molecule has 0 aromatic rings. The topological polar surface area (TPSA) is 89.9 Å². The lowest BCUT2D eigenvalue weighted by Gasteiger charge is -2.35. The molecule has 2 amide bonds. The van der Waals surface area contributed by atoms with Crippen LogP contribution in [0.15, 0.2) is 0 Å². The minimum Gasteiger partial charge on any atom is -0.481 e. The molecule has 0 spiro atoms. The first-order valence-electron chi connectivity index (χ1n) is 7.30. The Bertz CT molecular complexity index is 355. The van der Waals surface area contributed by atoms with Gasteiger partial charge in [-0.3, -0.25) is 4.79 Å². The largest absolute Gasteiger partial charge is 0.481 e. The van der Waals surface area contributed by atoms with Crippen LogP contribution < -0.4 is 5.32 Å². The van der Waals surface area contributed by atoms with Crippen LogP contribution in [0.4, 0.5) is 4.79 Å². The highest BCUT2D eigenvalue weighted by atomic mass is 16.4. The highest BCUT2D eigenvalue weighted by molar-refractivity contribution is 5.78. The number of nitrogens with zero attached hydrogens (tertiary/aromatic N) is 1. The lowest BCUT2D eigenvalue weighted by Crippen LogP contribution is -2.51. The minimum absolute atomic E-state index is 0.0519. The Balaban J connectivity index is 2.56.